The number of hydrogen-bond acceptors (Lipinski definition) is 4. The Morgan fingerprint density at radius 2 is 2.21 bits per heavy atom. The minimum atomic E-state index is -1.09. The van der Waals surface area contributed by atoms with E-state index in [0.29, 0.717) is 17.0 Å². The number of nitrogens with zero attached hydrogens (tertiary/aromatic N) is 1. The third-order valence-corrected chi connectivity index (χ3v) is 3.10. The Kier molecular flexibility index (Phi) is 3.44. The zero-order chi connectivity index (χ0) is 14.2. The van der Waals surface area contributed by atoms with Gasteiger partial charge in [0.05, 0.1) is 12.3 Å². The Morgan fingerprint density at radius 3 is 2.79 bits per heavy atom. The molecule has 0 bridgehead atoms. The lowest BCUT2D eigenvalue weighted by molar-refractivity contribution is -0.140. The van der Waals surface area contributed by atoms with E-state index in [1.807, 2.05) is 0 Å². The molecule has 1 heterocycles. The van der Waals surface area contributed by atoms with Crippen molar-refractivity contribution in [3.8, 4) is 5.75 Å². The summed E-state index contributed by atoms with van der Waals surface area (Å²) < 4.78 is 5.44. The Bertz CT molecular complexity index is 528. The smallest absolute Gasteiger partial charge is 0.326 e. The molecule has 102 valence electrons. The van der Waals surface area contributed by atoms with Gasteiger partial charge in [0.25, 0.3) is 5.91 Å². The Balaban J connectivity index is 2.53. The number of carboxylic acid groups (broad SMARTS) is 1. The number of aliphatic carboxylic acids is 1. The van der Waals surface area contributed by atoms with E-state index in [-0.39, 0.29) is 6.61 Å². The molecular weight excluding hydrogens is 250 g/mol. The van der Waals surface area contributed by atoms with Gasteiger partial charge in [-0.1, -0.05) is 6.07 Å². The third kappa shape index (κ3) is 2.26. The van der Waals surface area contributed by atoms with Crippen LogP contribution >= 0.6 is 0 Å². The summed E-state index contributed by atoms with van der Waals surface area (Å²) in [4.78, 5) is 24.4. The van der Waals surface area contributed by atoms with E-state index >= 15 is 0 Å². The SMILES string of the molecule is CC1Oc2ccc(CO)cc2N(C(C)C(=O)O)C1=O. The van der Waals surface area contributed by atoms with Crippen molar-refractivity contribution in [1.29, 1.82) is 0 Å². The number of ether oxygens (including phenoxy) is 1. The molecule has 1 aromatic rings. The number of carbonyl (C=O) groups is 2. The average Bonchev–Trinajstić information content (AvgIpc) is 2.39. The minimum Gasteiger partial charge on any atom is -0.480 e. The maximum Gasteiger partial charge on any atom is 0.326 e. The molecule has 0 aliphatic carbocycles. The number of carboxylic acids is 1. The highest BCUT2D eigenvalue weighted by atomic mass is 16.5. The normalized spacial score (nSPS) is 19.6. The highest BCUT2D eigenvalue weighted by molar-refractivity contribution is 6.04. The standard InChI is InChI=1S/C13H15NO5/c1-7(13(17)18)14-10-5-9(6-15)3-4-11(10)19-8(2)12(14)16/h3-5,7-8,15H,6H2,1-2H3,(H,17,18). The number of rotatable bonds is 3. The Hall–Kier alpha value is -2.08. The van der Waals surface area contributed by atoms with Gasteiger partial charge in [0.1, 0.15) is 11.8 Å². The predicted molar refractivity (Wildman–Crippen MR) is 67.0 cm³/mol. The molecule has 0 aromatic heterocycles. The molecular formula is C13H15NO5. The average molecular weight is 265 g/mol. The summed E-state index contributed by atoms with van der Waals surface area (Å²) in [7, 11) is 0. The van der Waals surface area contributed by atoms with Crippen LogP contribution in [-0.4, -0.2) is 34.2 Å². The fourth-order valence-electron chi connectivity index (χ4n) is 2.01. The van der Waals surface area contributed by atoms with E-state index < -0.39 is 24.0 Å². The molecule has 2 rings (SSSR count). The van der Waals surface area contributed by atoms with E-state index in [1.54, 1.807) is 25.1 Å². The fraction of sp³-hybridized carbons (Fsp3) is 0.385. The quantitative estimate of drug-likeness (QED) is 0.842. The number of fused-ring (bicyclic) bond motifs is 1. The summed E-state index contributed by atoms with van der Waals surface area (Å²) >= 11 is 0. The minimum absolute atomic E-state index is 0.188. The van der Waals surface area contributed by atoms with Crippen molar-refractivity contribution in [2.75, 3.05) is 4.90 Å². The van der Waals surface area contributed by atoms with Crippen molar-refractivity contribution in [1.82, 2.24) is 0 Å². The first-order valence-corrected chi connectivity index (χ1v) is 5.92. The van der Waals surface area contributed by atoms with Crippen LogP contribution in [0.3, 0.4) is 0 Å². The molecule has 0 saturated carbocycles. The maximum absolute atomic E-state index is 12.1. The van der Waals surface area contributed by atoms with Crippen molar-refractivity contribution < 1.29 is 24.5 Å². The highest BCUT2D eigenvalue weighted by Crippen LogP contribution is 2.36. The second kappa shape index (κ2) is 4.89. The first kappa shape index (κ1) is 13.4. The zero-order valence-corrected chi connectivity index (χ0v) is 10.7. The number of hydrogen-bond donors (Lipinski definition) is 2. The summed E-state index contributed by atoms with van der Waals surface area (Å²) in [5.74, 6) is -1.06. The van der Waals surface area contributed by atoms with Gasteiger partial charge in [0.2, 0.25) is 0 Å². The lowest BCUT2D eigenvalue weighted by atomic mass is 10.1. The molecule has 6 nitrogen and oxygen atoms in total. The van der Waals surface area contributed by atoms with Gasteiger partial charge in [-0.25, -0.2) is 4.79 Å². The third-order valence-electron chi connectivity index (χ3n) is 3.10. The molecule has 2 atom stereocenters. The van der Waals surface area contributed by atoms with Gasteiger partial charge in [-0.2, -0.15) is 0 Å². The summed E-state index contributed by atoms with van der Waals surface area (Å²) in [5, 5.41) is 18.2. The van der Waals surface area contributed by atoms with Gasteiger partial charge in [-0.3, -0.25) is 9.69 Å². The van der Waals surface area contributed by atoms with Crippen molar-refractivity contribution >= 4 is 17.6 Å². The van der Waals surface area contributed by atoms with Crippen LogP contribution in [0.5, 0.6) is 5.75 Å². The monoisotopic (exact) mass is 265 g/mol. The van der Waals surface area contributed by atoms with Gasteiger partial charge in [0, 0.05) is 0 Å². The largest absolute Gasteiger partial charge is 0.480 e. The molecule has 6 heteroatoms. The zero-order valence-electron chi connectivity index (χ0n) is 10.7. The van der Waals surface area contributed by atoms with E-state index in [0.717, 1.165) is 0 Å². The summed E-state index contributed by atoms with van der Waals surface area (Å²) in [6.07, 6.45) is -0.728. The van der Waals surface area contributed by atoms with Crippen LogP contribution in [0.15, 0.2) is 18.2 Å². The van der Waals surface area contributed by atoms with Crippen molar-refractivity contribution in [2.24, 2.45) is 0 Å². The first-order valence-electron chi connectivity index (χ1n) is 5.92. The van der Waals surface area contributed by atoms with Gasteiger partial charge >= 0.3 is 5.97 Å². The molecule has 1 amide bonds. The number of aliphatic hydroxyl groups excluding tert-OH is 1. The topological polar surface area (TPSA) is 87.1 Å². The lowest BCUT2D eigenvalue weighted by Gasteiger charge is -2.35. The van der Waals surface area contributed by atoms with Gasteiger partial charge in [-0.15, -0.1) is 0 Å². The van der Waals surface area contributed by atoms with E-state index in [9.17, 15) is 9.59 Å². The van der Waals surface area contributed by atoms with E-state index in [2.05, 4.69) is 0 Å². The number of anilines is 1. The molecule has 1 aliphatic heterocycles. The molecule has 0 saturated heterocycles. The van der Waals surface area contributed by atoms with Crippen LogP contribution in [0.1, 0.15) is 19.4 Å². The summed E-state index contributed by atoms with van der Waals surface area (Å²) in [5.41, 5.74) is 0.969. The van der Waals surface area contributed by atoms with Crippen LogP contribution in [0.4, 0.5) is 5.69 Å². The number of benzene rings is 1. The summed E-state index contributed by atoms with van der Waals surface area (Å²) in [6, 6.07) is 3.88. The molecule has 0 radical (unpaired) electrons. The molecule has 2 N–H and O–H groups in total. The van der Waals surface area contributed by atoms with Crippen molar-refractivity contribution in [3.63, 3.8) is 0 Å². The van der Waals surface area contributed by atoms with Crippen LogP contribution < -0.4 is 9.64 Å². The number of amides is 1. The van der Waals surface area contributed by atoms with Crippen LogP contribution in [0, 0.1) is 0 Å². The molecule has 1 aromatic carbocycles. The van der Waals surface area contributed by atoms with Gasteiger partial charge in [-0.05, 0) is 31.5 Å². The van der Waals surface area contributed by atoms with E-state index in [4.69, 9.17) is 14.9 Å². The molecule has 0 spiro atoms. The molecule has 0 fully saturated rings. The second-order valence-corrected chi connectivity index (χ2v) is 4.44. The molecule has 1 aliphatic rings. The molecule has 19 heavy (non-hydrogen) atoms. The van der Waals surface area contributed by atoms with Crippen molar-refractivity contribution in [3.05, 3.63) is 23.8 Å². The van der Waals surface area contributed by atoms with Crippen LogP contribution in [-0.2, 0) is 16.2 Å². The number of carbonyl (C=O) groups excluding carboxylic acids is 1. The lowest BCUT2D eigenvalue weighted by Crippen LogP contribution is -2.51. The summed E-state index contributed by atoms with van der Waals surface area (Å²) in [6.45, 7) is 2.83. The maximum atomic E-state index is 12.1. The van der Waals surface area contributed by atoms with Gasteiger partial charge in [0.15, 0.2) is 6.10 Å². The van der Waals surface area contributed by atoms with E-state index in [1.165, 1.54) is 11.8 Å². The van der Waals surface area contributed by atoms with Crippen LogP contribution in [0.2, 0.25) is 0 Å². The first-order chi connectivity index (χ1) is 8.95. The van der Waals surface area contributed by atoms with Gasteiger partial charge < -0.3 is 14.9 Å². The fourth-order valence-corrected chi connectivity index (χ4v) is 2.01. The predicted octanol–water partition coefficient (Wildman–Crippen LogP) is 0.766. The Morgan fingerprint density at radius 1 is 1.53 bits per heavy atom. The Labute approximate surface area is 110 Å². The van der Waals surface area contributed by atoms with Crippen molar-refractivity contribution in [2.45, 2.75) is 32.6 Å². The highest BCUT2D eigenvalue weighted by Gasteiger charge is 2.37. The van der Waals surface area contributed by atoms with Crippen LogP contribution in [0.25, 0.3) is 0 Å². The second-order valence-electron chi connectivity index (χ2n) is 4.44. The molecule has 2 unspecified atom stereocenters. The number of aliphatic hydroxyl groups is 1.